The number of hydrogen-bond acceptors (Lipinski definition) is 3. The number of fused-ring (bicyclic) bond motifs is 3. The summed E-state index contributed by atoms with van der Waals surface area (Å²) in [6.07, 6.45) is 17.8. The molecule has 1 aliphatic carbocycles. The van der Waals surface area contributed by atoms with E-state index in [1.54, 1.807) is 0 Å². The molecule has 4 rings (SSSR count). The predicted molar refractivity (Wildman–Crippen MR) is 139 cm³/mol. The number of ether oxygens (including phenoxy) is 2. The standard InChI is InChI=1S/C29H35BO3/c1-3-5-7-9-11-16-32-29-19-24-23-18-26(31-15-10-8-6-4-2)22(21-13-12-14-21)17-27(23)33-28(24)20-25(29)30/h4,6,12-13,17-21H,3,5,7-11,14-16H2,1-2H3/b6-4+. The Morgan fingerprint density at radius 2 is 1.64 bits per heavy atom. The second-order valence-electron chi connectivity index (χ2n) is 8.97. The van der Waals surface area contributed by atoms with Gasteiger partial charge in [0.25, 0.3) is 0 Å². The van der Waals surface area contributed by atoms with Crippen LogP contribution in [0.25, 0.3) is 21.9 Å². The van der Waals surface area contributed by atoms with Crippen molar-refractivity contribution in [2.24, 2.45) is 0 Å². The molecule has 3 nitrogen and oxygen atoms in total. The molecule has 3 aromatic rings. The lowest BCUT2D eigenvalue weighted by molar-refractivity contribution is 0.307. The first-order chi connectivity index (χ1) is 16.2. The van der Waals surface area contributed by atoms with Gasteiger partial charge in [-0.05, 0) is 56.9 Å². The molecule has 33 heavy (non-hydrogen) atoms. The highest BCUT2D eigenvalue weighted by Crippen LogP contribution is 2.41. The molecular weight excluding hydrogens is 407 g/mol. The van der Waals surface area contributed by atoms with E-state index in [4.69, 9.17) is 21.7 Å². The highest BCUT2D eigenvalue weighted by Gasteiger charge is 2.21. The van der Waals surface area contributed by atoms with Crippen molar-refractivity contribution in [3.63, 3.8) is 0 Å². The van der Waals surface area contributed by atoms with E-state index in [9.17, 15) is 0 Å². The van der Waals surface area contributed by atoms with Gasteiger partial charge in [0.05, 0.1) is 13.2 Å². The van der Waals surface area contributed by atoms with E-state index in [1.807, 2.05) is 12.1 Å². The average molecular weight is 442 g/mol. The molecule has 0 amide bonds. The second kappa shape index (κ2) is 11.5. The minimum atomic E-state index is 0.393. The van der Waals surface area contributed by atoms with E-state index in [2.05, 4.69) is 50.3 Å². The molecule has 172 valence electrons. The van der Waals surface area contributed by atoms with Gasteiger partial charge >= 0.3 is 0 Å². The van der Waals surface area contributed by atoms with Crippen LogP contribution in [0.1, 0.15) is 76.7 Å². The second-order valence-corrected chi connectivity index (χ2v) is 8.97. The van der Waals surface area contributed by atoms with Gasteiger partial charge in [-0.25, -0.2) is 0 Å². The summed E-state index contributed by atoms with van der Waals surface area (Å²) in [6.45, 7) is 5.67. The summed E-state index contributed by atoms with van der Waals surface area (Å²) >= 11 is 0. The molecule has 0 spiro atoms. The van der Waals surface area contributed by atoms with Crippen molar-refractivity contribution in [1.29, 1.82) is 0 Å². The van der Waals surface area contributed by atoms with Crippen LogP contribution in [0.3, 0.4) is 0 Å². The number of benzene rings is 2. The number of hydrogen-bond donors (Lipinski definition) is 0. The zero-order chi connectivity index (χ0) is 23.0. The van der Waals surface area contributed by atoms with Crippen LogP contribution >= 0.6 is 0 Å². The molecular formula is C29H35BO3. The van der Waals surface area contributed by atoms with Gasteiger partial charge in [0.1, 0.15) is 30.5 Å². The van der Waals surface area contributed by atoms with Gasteiger partial charge in [-0.15, -0.1) is 0 Å². The Bertz CT molecular complexity index is 1130. The van der Waals surface area contributed by atoms with Gasteiger partial charge in [-0.1, -0.05) is 62.4 Å². The fourth-order valence-electron chi connectivity index (χ4n) is 4.34. The van der Waals surface area contributed by atoms with E-state index >= 15 is 0 Å². The molecule has 4 heteroatoms. The maximum absolute atomic E-state index is 6.29. The Balaban J connectivity index is 1.58. The summed E-state index contributed by atoms with van der Waals surface area (Å²) in [5.41, 5.74) is 3.49. The first-order valence-electron chi connectivity index (χ1n) is 12.5. The zero-order valence-corrected chi connectivity index (χ0v) is 20.1. The fourth-order valence-corrected chi connectivity index (χ4v) is 4.34. The maximum atomic E-state index is 6.29. The van der Waals surface area contributed by atoms with Crippen molar-refractivity contribution in [3.8, 4) is 11.5 Å². The Kier molecular flexibility index (Phi) is 8.20. The van der Waals surface area contributed by atoms with Crippen LogP contribution in [-0.4, -0.2) is 21.1 Å². The minimum absolute atomic E-state index is 0.393. The lowest BCUT2D eigenvalue weighted by atomic mass is 9.86. The SMILES string of the molecule is [B]c1cc2oc3cc(C4C=CC4)c(OCCC/C=C/C)cc3c2cc1OCCCCCCC. The summed E-state index contributed by atoms with van der Waals surface area (Å²) in [4.78, 5) is 0. The molecule has 0 fully saturated rings. The van der Waals surface area contributed by atoms with Gasteiger partial charge in [0.2, 0.25) is 0 Å². The molecule has 0 aliphatic heterocycles. The van der Waals surface area contributed by atoms with Crippen LogP contribution < -0.4 is 14.9 Å². The maximum Gasteiger partial charge on any atom is 0.135 e. The first-order valence-corrected chi connectivity index (χ1v) is 12.5. The van der Waals surface area contributed by atoms with Gasteiger partial charge in [-0.2, -0.15) is 0 Å². The first kappa shape index (κ1) is 23.5. The highest BCUT2D eigenvalue weighted by atomic mass is 16.5. The molecule has 0 bridgehead atoms. The Morgan fingerprint density at radius 3 is 2.36 bits per heavy atom. The molecule has 1 atom stereocenters. The lowest BCUT2D eigenvalue weighted by Crippen LogP contribution is -2.10. The van der Waals surface area contributed by atoms with E-state index < -0.39 is 0 Å². The third kappa shape index (κ3) is 5.66. The molecule has 0 saturated heterocycles. The monoisotopic (exact) mass is 442 g/mol. The Hall–Kier alpha value is -2.62. The smallest absolute Gasteiger partial charge is 0.135 e. The zero-order valence-electron chi connectivity index (χ0n) is 20.1. The predicted octanol–water partition coefficient (Wildman–Crippen LogP) is 7.51. The van der Waals surface area contributed by atoms with Crippen LogP contribution in [0, 0.1) is 0 Å². The topological polar surface area (TPSA) is 31.6 Å². The van der Waals surface area contributed by atoms with Crippen LogP contribution in [0.15, 0.2) is 53.0 Å². The third-order valence-electron chi connectivity index (χ3n) is 6.41. The van der Waals surface area contributed by atoms with Crippen molar-refractivity contribution in [1.82, 2.24) is 0 Å². The van der Waals surface area contributed by atoms with Crippen molar-refractivity contribution in [2.45, 2.75) is 71.1 Å². The summed E-state index contributed by atoms with van der Waals surface area (Å²) < 4.78 is 18.5. The molecule has 0 saturated carbocycles. The molecule has 1 unspecified atom stereocenters. The van der Waals surface area contributed by atoms with E-state index in [0.29, 0.717) is 24.6 Å². The van der Waals surface area contributed by atoms with Crippen molar-refractivity contribution < 1.29 is 13.9 Å². The number of furan rings is 1. The number of rotatable bonds is 13. The molecule has 1 aromatic heterocycles. The number of unbranched alkanes of at least 4 members (excludes halogenated alkanes) is 5. The summed E-state index contributed by atoms with van der Waals surface area (Å²) in [5.74, 6) is 2.08. The van der Waals surface area contributed by atoms with E-state index in [1.165, 1.54) is 31.2 Å². The fraction of sp³-hybridized carbons (Fsp3) is 0.448. The summed E-state index contributed by atoms with van der Waals surface area (Å²) in [5, 5.41) is 2.07. The number of allylic oxidation sites excluding steroid dienone is 4. The van der Waals surface area contributed by atoms with E-state index in [0.717, 1.165) is 59.1 Å². The quantitative estimate of drug-likeness (QED) is 0.156. The van der Waals surface area contributed by atoms with Crippen LogP contribution in [0.2, 0.25) is 0 Å². The average Bonchev–Trinajstić information content (AvgIpc) is 3.10. The van der Waals surface area contributed by atoms with Gasteiger partial charge in [0.15, 0.2) is 0 Å². The molecule has 1 heterocycles. The normalized spacial score (nSPS) is 15.5. The largest absolute Gasteiger partial charge is 0.494 e. The van der Waals surface area contributed by atoms with Gasteiger partial charge in [0, 0.05) is 22.3 Å². The van der Waals surface area contributed by atoms with Crippen molar-refractivity contribution in [3.05, 3.63) is 54.1 Å². The van der Waals surface area contributed by atoms with Gasteiger partial charge < -0.3 is 13.9 Å². The highest BCUT2D eigenvalue weighted by molar-refractivity contribution is 6.35. The van der Waals surface area contributed by atoms with Crippen LogP contribution in [0.5, 0.6) is 11.5 Å². The summed E-state index contributed by atoms with van der Waals surface area (Å²) in [7, 11) is 6.29. The van der Waals surface area contributed by atoms with Crippen molar-refractivity contribution in [2.75, 3.05) is 13.2 Å². The molecule has 2 aromatic carbocycles. The molecule has 0 N–H and O–H groups in total. The Labute approximate surface area is 199 Å². The van der Waals surface area contributed by atoms with Crippen LogP contribution in [-0.2, 0) is 0 Å². The third-order valence-corrected chi connectivity index (χ3v) is 6.41. The lowest BCUT2D eigenvalue weighted by Gasteiger charge is -2.21. The minimum Gasteiger partial charge on any atom is -0.494 e. The Morgan fingerprint density at radius 1 is 0.939 bits per heavy atom. The van der Waals surface area contributed by atoms with E-state index in [-0.39, 0.29) is 0 Å². The summed E-state index contributed by atoms with van der Waals surface area (Å²) in [6, 6.07) is 8.21. The van der Waals surface area contributed by atoms with Crippen LogP contribution in [0.4, 0.5) is 0 Å². The van der Waals surface area contributed by atoms with Gasteiger partial charge in [-0.3, -0.25) is 0 Å². The van der Waals surface area contributed by atoms with Crippen molar-refractivity contribution >= 4 is 35.2 Å². The molecule has 2 radical (unpaired) electrons. The molecule has 1 aliphatic rings.